The van der Waals surface area contributed by atoms with Crippen molar-refractivity contribution in [1.82, 2.24) is 9.13 Å². The summed E-state index contributed by atoms with van der Waals surface area (Å²) in [4.78, 5) is 0. The molecule has 0 fully saturated rings. The first-order chi connectivity index (χ1) is 40.2. The van der Waals surface area contributed by atoms with E-state index in [0.29, 0.717) is 139 Å². The van der Waals surface area contributed by atoms with Gasteiger partial charge in [0.15, 0.2) is 0 Å². The number of hydrogen-bond donors (Lipinski definition) is 0. The summed E-state index contributed by atoms with van der Waals surface area (Å²) in [6.07, 6.45) is 0. The number of rotatable bonds is 7. The van der Waals surface area contributed by atoms with Crippen LogP contribution in [-0.4, -0.2) is 9.13 Å². The Bertz CT molecular complexity index is 5040. The Labute approximate surface area is 468 Å². The van der Waals surface area contributed by atoms with E-state index in [1.165, 1.54) is 0 Å². The summed E-state index contributed by atoms with van der Waals surface area (Å²) in [6, 6.07) is 76.4. The third-order valence-electron chi connectivity index (χ3n) is 14.9. The molecule has 0 bridgehead atoms. The van der Waals surface area contributed by atoms with E-state index in [1.54, 1.807) is 91.0 Å². The fourth-order valence-corrected chi connectivity index (χ4v) is 11.1. The molecule has 0 aliphatic rings. The zero-order valence-electron chi connectivity index (χ0n) is 42.7. The highest BCUT2D eigenvalue weighted by Crippen LogP contribution is 2.45. The Balaban J connectivity index is 1.16. The molecule has 12 heteroatoms. The molecule has 0 unspecified atom stereocenters. The Hall–Kier alpha value is -13.3. The van der Waals surface area contributed by atoms with Crippen LogP contribution in [0.2, 0.25) is 0 Å². The third kappa shape index (κ3) is 8.09. The maximum atomic E-state index is 11.5. The van der Waals surface area contributed by atoms with Crippen LogP contribution in [0.3, 0.4) is 0 Å². The molecule has 0 spiro atoms. The lowest BCUT2D eigenvalue weighted by molar-refractivity contribution is 1.14. The van der Waals surface area contributed by atoms with Gasteiger partial charge in [0.25, 0.3) is 0 Å². The van der Waals surface area contributed by atoms with Gasteiger partial charge in [0, 0.05) is 27.1 Å². The van der Waals surface area contributed by atoms with E-state index >= 15 is 0 Å². The standard InChI is InChI=1S/C70H30N12/c71-31-41-2-1-3-46(20-41)60-30-69(81-65-16-8-47(56-12-4-42(32-72)21-51(56)36-76)25-61(65)62-26-48(9-17-66(62)81)57-13-5-43(33-73)22-52(57)37-77)55(40-80)29-70(60)82-67-18-10-49(58-14-6-44(34-74)23-53(58)38-78)27-63(67)64-28-50(11-19-68(64)82)59-15-7-45(35-75)24-54(59)39-79/h1-30H. The fourth-order valence-electron chi connectivity index (χ4n) is 11.1. The first kappa shape index (κ1) is 49.6. The van der Waals surface area contributed by atoms with Gasteiger partial charge < -0.3 is 9.13 Å². The Morgan fingerprint density at radius 2 is 0.524 bits per heavy atom. The summed E-state index contributed by atoms with van der Waals surface area (Å²) in [5, 5.41) is 105. The van der Waals surface area contributed by atoms with Crippen LogP contribution in [0.1, 0.15) is 55.6 Å². The van der Waals surface area contributed by atoms with Crippen molar-refractivity contribution < 1.29 is 0 Å². The molecule has 370 valence electrons. The fraction of sp³-hybridized carbons (Fsp3) is 0. The van der Waals surface area contributed by atoms with Gasteiger partial charge in [-0.05, 0) is 171 Å². The lowest BCUT2D eigenvalue weighted by Gasteiger charge is -2.19. The number of fused-ring (bicyclic) bond motifs is 6. The monoisotopic (exact) mass is 1040 g/mol. The normalized spacial score (nSPS) is 10.6. The molecule has 0 aliphatic heterocycles. The molecular weight excluding hydrogens is 1010 g/mol. The van der Waals surface area contributed by atoms with Crippen molar-refractivity contribution in [2.75, 3.05) is 0 Å². The van der Waals surface area contributed by atoms with Crippen molar-refractivity contribution >= 4 is 43.6 Å². The third-order valence-corrected chi connectivity index (χ3v) is 14.9. The van der Waals surface area contributed by atoms with Crippen LogP contribution in [0.4, 0.5) is 0 Å². The quantitative estimate of drug-likeness (QED) is 0.146. The molecule has 0 saturated carbocycles. The van der Waals surface area contributed by atoms with Crippen molar-refractivity contribution in [2.24, 2.45) is 0 Å². The average Bonchev–Trinajstić information content (AvgIpc) is 3.71. The van der Waals surface area contributed by atoms with Crippen LogP contribution in [0.25, 0.3) is 111 Å². The smallest absolute Gasteiger partial charge is 0.101 e. The van der Waals surface area contributed by atoms with Gasteiger partial charge in [0.05, 0.1) is 144 Å². The van der Waals surface area contributed by atoms with E-state index in [1.807, 2.05) is 95.6 Å². The van der Waals surface area contributed by atoms with Crippen molar-refractivity contribution in [1.29, 1.82) is 52.6 Å². The summed E-state index contributed by atoms with van der Waals surface area (Å²) >= 11 is 0. The second-order valence-electron chi connectivity index (χ2n) is 19.2. The van der Waals surface area contributed by atoms with Crippen molar-refractivity contribution in [3.8, 4) is 128 Å². The van der Waals surface area contributed by atoms with Crippen LogP contribution in [0.15, 0.2) is 182 Å². The number of nitriles is 10. The van der Waals surface area contributed by atoms with Crippen LogP contribution in [0.5, 0.6) is 0 Å². The minimum Gasteiger partial charge on any atom is -0.309 e. The van der Waals surface area contributed by atoms with Gasteiger partial charge >= 0.3 is 0 Å². The molecule has 2 aromatic heterocycles. The summed E-state index contributed by atoms with van der Waals surface area (Å²) in [5.74, 6) is 0. The second kappa shape index (κ2) is 20.0. The predicted molar refractivity (Wildman–Crippen MR) is 309 cm³/mol. The first-order valence-corrected chi connectivity index (χ1v) is 25.2. The summed E-state index contributed by atoms with van der Waals surface area (Å²) in [6.45, 7) is 0. The van der Waals surface area contributed by atoms with Crippen LogP contribution in [0, 0.1) is 113 Å². The molecule has 0 saturated heterocycles. The molecule has 0 radical (unpaired) electrons. The maximum absolute atomic E-state index is 11.5. The van der Waals surface area contributed by atoms with Gasteiger partial charge in [0.2, 0.25) is 0 Å². The summed E-state index contributed by atoms with van der Waals surface area (Å²) < 4.78 is 4.07. The van der Waals surface area contributed by atoms with Crippen molar-refractivity contribution in [2.45, 2.75) is 0 Å². The predicted octanol–water partition coefficient (Wildman–Crippen LogP) is 14.9. The Morgan fingerprint density at radius 1 is 0.220 bits per heavy atom. The van der Waals surface area contributed by atoms with E-state index in [4.69, 9.17) is 0 Å². The van der Waals surface area contributed by atoms with Gasteiger partial charge in [-0.2, -0.15) is 52.6 Å². The number of hydrogen-bond acceptors (Lipinski definition) is 10. The highest BCUT2D eigenvalue weighted by atomic mass is 15.0. The molecule has 0 aliphatic carbocycles. The molecule has 82 heavy (non-hydrogen) atoms. The zero-order valence-corrected chi connectivity index (χ0v) is 42.7. The molecule has 0 N–H and O–H groups in total. The van der Waals surface area contributed by atoms with Gasteiger partial charge in [-0.1, -0.05) is 60.7 Å². The topological polar surface area (TPSA) is 248 Å². The van der Waals surface area contributed by atoms with Crippen molar-refractivity contribution in [3.05, 3.63) is 238 Å². The van der Waals surface area contributed by atoms with Gasteiger partial charge in [-0.3, -0.25) is 0 Å². The number of benzene rings is 10. The van der Waals surface area contributed by atoms with Gasteiger partial charge in [-0.25, -0.2) is 0 Å². The van der Waals surface area contributed by atoms with E-state index in [0.717, 1.165) is 21.5 Å². The van der Waals surface area contributed by atoms with E-state index in [2.05, 4.69) is 65.3 Å². The molecule has 12 nitrogen and oxygen atoms in total. The SMILES string of the molecule is N#Cc1cccc(-c2cc(-n3c4ccc(-c5ccc(C#N)cc5C#N)cc4c4cc(-c5ccc(C#N)cc5C#N)ccc43)c(C#N)cc2-n2c3ccc(-c4ccc(C#N)cc4C#N)cc3c3cc(-c4ccc(C#N)cc4C#N)ccc32)c1. The largest absolute Gasteiger partial charge is 0.309 e. The average molecular weight is 1040 g/mol. The van der Waals surface area contributed by atoms with Gasteiger partial charge in [0.1, 0.15) is 6.07 Å². The highest BCUT2D eigenvalue weighted by molar-refractivity contribution is 6.14. The van der Waals surface area contributed by atoms with E-state index in [9.17, 15) is 52.6 Å². The molecule has 0 atom stereocenters. The molecule has 12 aromatic rings. The molecule has 10 aromatic carbocycles. The van der Waals surface area contributed by atoms with Crippen LogP contribution < -0.4 is 0 Å². The first-order valence-electron chi connectivity index (χ1n) is 25.2. The van der Waals surface area contributed by atoms with Crippen LogP contribution in [-0.2, 0) is 0 Å². The van der Waals surface area contributed by atoms with Gasteiger partial charge in [-0.15, -0.1) is 0 Å². The zero-order chi connectivity index (χ0) is 56.8. The molecule has 0 amide bonds. The minimum atomic E-state index is 0.274. The maximum Gasteiger partial charge on any atom is 0.101 e. The van der Waals surface area contributed by atoms with E-state index < -0.39 is 0 Å². The lowest BCUT2D eigenvalue weighted by Crippen LogP contribution is -2.04. The number of nitrogens with zero attached hydrogens (tertiary/aromatic N) is 12. The summed E-state index contributed by atoms with van der Waals surface area (Å²) in [5.41, 5.74) is 13.7. The molecule has 12 rings (SSSR count). The number of aromatic nitrogens is 2. The highest BCUT2D eigenvalue weighted by Gasteiger charge is 2.25. The Morgan fingerprint density at radius 3 is 0.841 bits per heavy atom. The summed E-state index contributed by atoms with van der Waals surface area (Å²) in [7, 11) is 0. The van der Waals surface area contributed by atoms with E-state index in [-0.39, 0.29) is 5.56 Å². The second-order valence-corrected chi connectivity index (χ2v) is 19.2. The molecule has 2 heterocycles. The Kier molecular flexibility index (Phi) is 12.1. The minimum absolute atomic E-state index is 0.274. The molecular formula is C70H30N12. The van der Waals surface area contributed by atoms with Crippen molar-refractivity contribution in [3.63, 3.8) is 0 Å². The lowest BCUT2D eigenvalue weighted by atomic mass is 9.95. The van der Waals surface area contributed by atoms with Crippen LogP contribution >= 0.6 is 0 Å².